The second kappa shape index (κ2) is 7.92. The first kappa shape index (κ1) is 16.5. The van der Waals surface area contributed by atoms with Crippen molar-refractivity contribution in [3.05, 3.63) is 64.1 Å². The van der Waals surface area contributed by atoms with Crippen LogP contribution in [0.25, 0.3) is 0 Å². The lowest BCUT2D eigenvalue weighted by Crippen LogP contribution is -2.30. The molecule has 0 aromatic heterocycles. The summed E-state index contributed by atoms with van der Waals surface area (Å²) >= 11 is 4.87. The van der Waals surface area contributed by atoms with E-state index in [0.29, 0.717) is 10.9 Å². The van der Waals surface area contributed by atoms with Crippen LogP contribution in [0.3, 0.4) is 0 Å². The molecule has 0 aliphatic rings. The smallest absolute Gasteiger partial charge is 0.137 e. The van der Waals surface area contributed by atoms with Crippen molar-refractivity contribution in [2.45, 2.75) is 17.4 Å². The number of benzene rings is 2. The standard InChI is InChI=1S/C16H16BrF2NS/c1-20-13(8-11-4-2-7-15(19)16(11)17)10-21-14-6-3-5-12(18)9-14/h2-7,9,13,20H,8,10H2,1H3. The van der Waals surface area contributed by atoms with Crippen molar-refractivity contribution in [2.75, 3.05) is 12.8 Å². The Balaban J connectivity index is 1.99. The van der Waals surface area contributed by atoms with E-state index in [0.717, 1.165) is 16.2 Å². The van der Waals surface area contributed by atoms with Gasteiger partial charge < -0.3 is 5.32 Å². The van der Waals surface area contributed by atoms with Gasteiger partial charge >= 0.3 is 0 Å². The van der Waals surface area contributed by atoms with Gasteiger partial charge in [-0.15, -0.1) is 11.8 Å². The molecule has 21 heavy (non-hydrogen) atoms. The molecule has 0 saturated carbocycles. The van der Waals surface area contributed by atoms with Crippen LogP contribution < -0.4 is 5.32 Å². The Morgan fingerprint density at radius 2 is 1.95 bits per heavy atom. The van der Waals surface area contributed by atoms with E-state index in [1.54, 1.807) is 23.9 Å². The van der Waals surface area contributed by atoms with Crippen molar-refractivity contribution in [1.29, 1.82) is 0 Å². The molecule has 0 aliphatic heterocycles. The van der Waals surface area contributed by atoms with E-state index in [4.69, 9.17) is 0 Å². The zero-order valence-corrected chi connectivity index (χ0v) is 14.0. The predicted molar refractivity (Wildman–Crippen MR) is 87.8 cm³/mol. The van der Waals surface area contributed by atoms with Crippen LogP contribution in [0.2, 0.25) is 0 Å². The average Bonchev–Trinajstić information content (AvgIpc) is 2.48. The maximum absolute atomic E-state index is 13.5. The minimum atomic E-state index is -0.250. The average molecular weight is 372 g/mol. The van der Waals surface area contributed by atoms with Crippen LogP contribution in [0.1, 0.15) is 5.56 Å². The Kier molecular flexibility index (Phi) is 6.21. The van der Waals surface area contributed by atoms with E-state index in [2.05, 4.69) is 21.2 Å². The van der Waals surface area contributed by atoms with Gasteiger partial charge in [0.05, 0.1) is 4.47 Å². The van der Waals surface area contributed by atoms with Gasteiger partial charge in [-0.2, -0.15) is 0 Å². The van der Waals surface area contributed by atoms with Crippen molar-refractivity contribution >= 4 is 27.7 Å². The fourth-order valence-corrected chi connectivity index (χ4v) is 3.44. The highest BCUT2D eigenvalue weighted by molar-refractivity contribution is 9.10. The van der Waals surface area contributed by atoms with E-state index >= 15 is 0 Å². The minimum Gasteiger partial charge on any atom is -0.316 e. The number of rotatable bonds is 6. The summed E-state index contributed by atoms with van der Waals surface area (Å²) in [5, 5.41) is 3.22. The largest absolute Gasteiger partial charge is 0.316 e. The Morgan fingerprint density at radius 3 is 2.67 bits per heavy atom. The summed E-state index contributed by atoms with van der Waals surface area (Å²) in [6.45, 7) is 0. The molecule has 0 radical (unpaired) electrons. The highest BCUT2D eigenvalue weighted by Gasteiger charge is 2.12. The van der Waals surface area contributed by atoms with E-state index < -0.39 is 0 Å². The van der Waals surface area contributed by atoms with Gasteiger partial charge in [0.2, 0.25) is 0 Å². The molecule has 1 atom stereocenters. The van der Waals surface area contributed by atoms with Crippen LogP contribution in [-0.4, -0.2) is 18.8 Å². The molecule has 0 aliphatic carbocycles. The highest BCUT2D eigenvalue weighted by Crippen LogP contribution is 2.24. The first-order chi connectivity index (χ1) is 10.1. The molecule has 0 bridgehead atoms. The van der Waals surface area contributed by atoms with Gasteiger partial charge in [0.1, 0.15) is 11.6 Å². The van der Waals surface area contributed by atoms with Gasteiger partial charge in [0.25, 0.3) is 0 Å². The number of nitrogens with one attached hydrogen (secondary N) is 1. The zero-order valence-electron chi connectivity index (χ0n) is 11.6. The first-order valence-electron chi connectivity index (χ1n) is 6.58. The molecule has 0 spiro atoms. The maximum atomic E-state index is 13.5. The summed E-state index contributed by atoms with van der Waals surface area (Å²) in [5.74, 6) is 0.303. The van der Waals surface area contributed by atoms with Crippen LogP contribution >= 0.6 is 27.7 Å². The van der Waals surface area contributed by atoms with Crippen molar-refractivity contribution in [3.8, 4) is 0 Å². The third kappa shape index (κ3) is 4.80. The SMILES string of the molecule is CNC(CSc1cccc(F)c1)Cc1cccc(F)c1Br. The van der Waals surface area contributed by atoms with E-state index in [1.807, 2.05) is 19.2 Å². The predicted octanol–water partition coefficient (Wildman–Crippen LogP) is 4.65. The molecule has 1 unspecified atom stereocenters. The van der Waals surface area contributed by atoms with Gasteiger partial charge in [0.15, 0.2) is 0 Å². The van der Waals surface area contributed by atoms with Crippen LogP contribution in [0.15, 0.2) is 51.8 Å². The minimum absolute atomic E-state index is 0.177. The molecular formula is C16H16BrF2NS. The number of hydrogen-bond donors (Lipinski definition) is 1. The normalized spacial score (nSPS) is 12.4. The lowest BCUT2D eigenvalue weighted by atomic mass is 10.1. The fraction of sp³-hybridized carbons (Fsp3) is 0.250. The topological polar surface area (TPSA) is 12.0 Å². The molecule has 1 N–H and O–H groups in total. The molecule has 2 aromatic carbocycles. The Hall–Kier alpha value is -0.910. The number of likely N-dealkylation sites (N-methyl/N-ethyl adjacent to an activating group) is 1. The van der Waals surface area contributed by atoms with Gasteiger partial charge in [0, 0.05) is 16.7 Å². The van der Waals surface area contributed by atoms with Crippen LogP contribution in [0.4, 0.5) is 8.78 Å². The zero-order chi connectivity index (χ0) is 15.2. The third-order valence-corrected chi connectivity index (χ3v) is 5.20. The number of hydrogen-bond acceptors (Lipinski definition) is 2. The molecule has 2 rings (SSSR count). The fourth-order valence-electron chi connectivity index (χ4n) is 1.97. The van der Waals surface area contributed by atoms with Gasteiger partial charge in [-0.3, -0.25) is 0 Å². The molecule has 1 nitrogen and oxygen atoms in total. The van der Waals surface area contributed by atoms with E-state index in [9.17, 15) is 8.78 Å². The third-order valence-electron chi connectivity index (χ3n) is 3.15. The van der Waals surface area contributed by atoms with Crippen LogP contribution in [-0.2, 0) is 6.42 Å². The lowest BCUT2D eigenvalue weighted by Gasteiger charge is -2.17. The second-order valence-corrected chi connectivity index (χ2v) is 6.56. The molecule has 0 saturated heterocycles. The molecular weight excluding hydrogens is 356 g/mol. The summed E-state index contributed by atoms with van der Waals surface area (Å²) in [7, 11) is 1.88. The summed E-state index contributed by atoms with van der Waals surface area (Å²) in [4.78, 5) is 0.897. The summed E-state index contributed by atoms with van der Waals surface area (Å²) in [6, 6.07) is 11.8. The lowest BCUT2D eigenvalue weighted by molar-refractivity contribution is 0.596. The Labute approximate surface area is 136 Å². The van der Waals surface area contributed by atoms with Gasteiger partial charge in [-0.05, 0) is 59.2 Å². The van der Waals surface area contributed by atoms with Crippen LogP contribution in [0.5, 0.6) is 0 Å². The quantitative estimate of drug-likeness (QED) is 0.741. The van der Waals surface area contributed by atoms with Crippen LogP contribution in [0, 0.1) is 11.6 Å². The van der Waals surface area contributed by atoms with Crippen molar-refractivity contribution in [1.82, 2.24) is 5.32 Å². The van der Waals surface area contributed by atoms with E-state index in [1.165, 1.54) is 18.2 Å². The van der Waals surface area contributed by atoms with E-state index in [-0.39, 0.29) is 17.7 Å². The van der Waals surface area contributed by atoms with Crippen molar-refractivity contribution in [2.24, 2.45) is 0 Å². The molecule has 0 amide bonds. The molecule has 0 fully saturated rings. The van der Waals surface area contributed by atoms with Gasteiger partial charge in [-0.25, -0.2) is 8.78 Å². The summed E-state index contributed by atoms with van der Waals surface area (Å²) in [5.41, 5.74) is 0.925. The maximum Gasteiger partial charge on any atom is 0.137 e. The number of halogens is 3. The second-order valence-electron chi connectivity index (χ2n) is 4.67. The summed E-state index contributed by atoms with van der Waals surface area (Å²) in [6.07, 6.45) is 0.706. The first-order valence-corrected chi connectivity index (χ1v) is 8.36. The molecule has 112 valence electrons. The molecule has 2 aromatic rings. The summed E-state index contributed by atoms with van der Waals surface area (Å²) < 4.78 is 27.2. The Bertz CT molecular complexity index is 607. The van der Waals surface area contributed by atoms with Gasteiger partial charge in [-0.1, -0.05) is 18.2 Å². The molecule has 0 heterocycles. The monoisotopic (exact) mass is 371 g/mol. The van der Waals surface area contributed by atoms with Crippen molar-refractivity contribution in [3.63, 3.8) is 0 Å². The number of thioether (sulfide) groups is 1. The van der Waals surface area contributed by atoms with Crippen molar-refractivity contribution < 1.29 is 8.78 Å². The molecule has 5 heteroatoms. The highest BCUT2D eigenvalue weighted by atomic mass is 79.9. The Morgan fingerprint density at radius 1 is 1.19 bits per heavy atom.